The molecule has 0 fully saturated rings. The molecular formula is C57H46O12. The van der Waals surface area contributed by atoms with E-state index in [4.69, 9.17) is 9.47 Å². The lowest BCUT2D eigenvalue weighted by Gasteiger charge is -2.34. The second kappa shape index (κ2) is 16.3. The third kappa shape index (κ3) is 7.32. The van der Waals surface area contributed by atoms with Gasteiger partial charge >= 0.3 is 0 Å². The first-order valence-corrected chi connectivity index (χ1v) is 22.5. The van der Waals surface area contributed by atoms with Gasteiger partial charge in [0.25, 0.3) is 0 Å². The summed E-state index contributed by atoms with van der Waals surface area (Å²) in [6.45, 7) is 1.84. The molecule has 7 atom stereocenters. The van der Waals surface area contributed by atoms with E-state index in [1.807, 2.05) is 6.92 Å². The average Bonchev–Trinajstić information content (AvgIpc) is 3.85. The molecule has 2 aliphatic heterocycles. The number of phenolic OH excluding ortho intramolecular Hbond substituents is 10. The van der Waals surface area contributed by atoms with E-state index in [0.29, 0.717) is 78.3 Å². The topological polar surface area (TPSA) is 221 Å². The molecule has 69 heavy (non-hydrogen) atoms. The van der Waals surface area contributed by atoms with Gasteiger partial charge in [-0.15, -0.1) is 0 Å². The Hall–Kier alpha value is -8.64. The molecule has 12 heteroatoms. The largest absolute Gasteiger partial charge is 0.508 e. The number of fused-ring (bicyclic) bond motifs is 3. The van der Waals surface area contributed by atoms with Crippen molar-refractivity contribution in [1.29, 1.82) is 0 Å². The van der Waals surface area contributed by atoms with Gasteiger partial charge in [0.1, 0.15) is 81.2 Å². The van der Waals surface area contributed by atoms with Gasteiger partial charge in [-0.05, 0) is 137 Å². The van der Waals surface area contributed by atoms with Crippen LogP contribution < -0.4 is 9.47 Å². The van der Waals surface area contributed by atoms with Crippen molar-refractivity contribution < 1.29 is 60.5 Å². The molecule has 8 aromatic rings. The molecule has 0 radical (unpaired) electrons. The Balaban J connectivity index is 1.20. The zero-order valence-electron chi connectivity index (χ0n) is 36.9. The van der Waals surface area contributed by atoms with E-state index in [1.54, 1.807) is 121 Å². The lowest BCUT2D eigenvalue weighted by molar-refractivity contribution is 0.220. The highest BCUT2D eigenvalue weighted by atomic mass is 16.5. The van der Waals surface area contributed by atoms with Crippen LogP contribution in [0.4, 0.5) is 0 Å². The summed E-state index contributed by atoms with van der Waals surface area (Å²) in [5.74, 6) is -3.88. The first-order chi connectivity index (χ1) is 33.2. The molecule has 0 unspecified atom stereocenters. The number of hydrogen-bond donors (Lipinski definition) is 10. The van der Waals surface area contributed by atoms with Gasteiger partial charge < -0.3 is 60.5 Å². The van der Waals surface area contributed by atoms with Crippen LogP contribution in [0, 0.1) is 6.92 Å². The number of aromatic hydroxyl groups is 10. The number of hydrogen-bond acceptors (Lipinski definition) is 12. The fraction of sp³-hybridized carbons (Fsp3) is 0.158. The number of benzene rings is 8. The minimum Gasteiger partial charge on any atom is -0.508 e. The second-order valence-electron chi connectivity index (χ2n) is 18.3. The first-order valence-electron chi connectivity index (χ1n) is 22.5. The first kappa shape index (κ1) is 43.0. The smallest absolute Gasteiger partial charge is 0.135 e. The van der Waals surface area contributed by atoms with E-state index in [-0.39, 0.29) is 63.9 Å². The monoisotopic (exact) mass is 922 g/mol. The Morgan fingerprint density at radius 2 is 0.826 bits per heavy atom. The lowest BCUT2D eigenvalue weighted by Crippen LogP contribution is -2.20. The highest BCUT2D eigenvalue weighted by molar-refractivity contribution is 5.67. The molecule has 0 saturated carbocycles. The van der Waals surface area contributed by atoms with E-state index >= 15 is 0 Å². The predicted molar refractivity (Wildman–Crippen MR) is 254 cm³/mol. The molecule has 0 aromatic heterocycles. The van der Waals surface area contributed by atoms with Crippen LogP contribution in [-0.2, 0) is 0 Å². The maximum Gasteiger partial charge on any atom is 0.135 e. The summed E-state index contributed by atoms with van der Waals surface area (Å²) in [5, 5.41) is 112. The number of aryl methyl sites for hydroxylation is 1. The van der Waals surface area contributed by atoms with Gasteiger partial charge in [-0.25, -0.2) is 0 Å². The predicted octanol–water partition coefficient (Wildman–Crippen LogP) is 11.0. The molecular weight excluding hydrogens is 877 g/mol. The maximum absolute atomic E-state index is 12.5. The van der Waals surface area contributed by atoms with Crippen LogP contribution in [0.2, 0.25) is 0 Å². The standard InChI is InChI=1S/C57H46O12/c1-27-18-36(62)24-47-49(27)54(56(68-47)30-6-14-34(60)15-7-30)43-20-37(63)22-45(66)51(43)40(28-2-10-32(58)11-3-28)26-42-41-19-39(65)25-48-53(41)55(57(69-48)31-8-16-35(61)17-9-31)44-21-38(64)23-46(67)52(44)50(42)29-4-12-33(59)13-5-29/h2-25,40,42,50,54-67H,26H2,1H3/t40-,42-,50+,54-,55-,56+,57+/m1/s1. The third-order valence-electron chi connectivity index (χ3n) is 14.2. The SMILES string of the molecule is Cc1cc(O)cc2c1[C@@H](c1cc(O)cc(O)c1[C@H](C[C@@H]1c3cc(O)cc4c3[C@@H](c3cc(O)cc(O)c3[C@H]1c1ccc(O)cc1)[C@H](c1ccc(O)cc1)O4)c1ccc(O)cc1)[C@H](c1ccc(O)cc1)O2. The van der Waals surface area contributed by atoms with Crippen molar-refractivity contribution >= 4 is 0 Å². The minimum absolute atomic E-state index is 0.00486. The van der Waals surface area contributed by atoms with Crippen LogP contribution in [-0.4, -0.2) is 51.1 Å². The van der Waals surface area contributed by atoms with Crippen molar-refractivity contribution in [3.63, 3.8) is 0 Å². The normalized spacial score (nSPS) is 20.2. The molecule has 0 amide bonds. The van der Waals surface area contributed by atoms with E-state index < -0.39 is 41.8 Å². The molecule has 10 N–H and O–H groups in total. The second-order valence-corrected chi connectivity index (χ2v) is 18.3. The lowest BCUT2D eigenvalue weighted by atomic mass is 9.69. The van der Waals surface area contributed by atoms with Gasteiger partial charge in [0.2, 0.25) is 0 Å². The Morgan fingerprint density at radius 3 is 1.39 bits per heavy atom. The van der Waals surface area contributed by atoms with Gasteiger partial charge in [0, 0.05) is 58.4 Å². The van der Waals surface area contributed by atoms with Crippen molar-refractivity contribution in [3.05, 3.63) is 212 Å². The van der Waals surface area contributed by atoms with Crippen LogP contribution in [0.1, 0.15) is 115 Å². The van der Waals surface area contributed by atoms with Gasteiger partial charge in [0.15, 0.2) is 0 Å². The summed E-state index contributed by atoms with van der Waals surface area (Å²) in [6.07, 6.45) is -1.43. The van der Waals surface area contributed by atoms with E-state index in [2.05, 4.69) is 0 Å². The van der Waals surface area contributed by atoms with Gasteiger partial charge in [-0.1, -0.05) is 48.5 Å². The van der Waals surface area contributed by atoms with E-state index in [1.165, 1.54) is 24.3 Å². The fourth-order valence-electron chi connectivity index (χ4n) is 11.4. The minimum atomic E-state index is -0.805. The van der Waals surface area contributed by atoms with Crippen LogP contribution >= 0.6 is 0 Å². The zero-order valence-corrected chi connectivity index (χ0v) is 36.9. The molecule has 1 aliphatic carbocycles. The molecule has 11 rings (SSSR count). The van der Waals surface area contributed by atoms with E-state index in [9.17, 15) is 51.1 Å². The molecule has 0 saturated heterocycles. The van der Waals surface area contributed by atoms with Crippen molar-refractivity contribution in [1.82, 2.24) is 0 Å². The summed E-state index contributed by atoms with van der Waals surface area (Å²) in [4.78, 5) is 0. The highest BCUT2D eigenvalue weighted by Gasteiger charge is 2.49. The molecule has 2 heterocycles. The maximum atomic E-state index is 12.5. The number of phenols is 10. The summed E-state index contributed by atoms with van der Waals surface area (Å²) < 4.78 is 13.5. The zero-order chi connectivity index (χ0) is 48.0. The summed E-state index contributed by atoms with van der Waals surface area (Å²) in [6, 6.07) is 38.5. The van der Waals surface area contributed by atoms with Crippen LogP contribution in [0.25, 0.3) is 0 Å². The van der Waals surface area contributed by atoms with Crippen molar-refractivity contribution in [3.8, 4) is 69.0 Å². The van der Waals surface area contributed by atoms with Gasteiger partial charge in [-0.3, -0.25) is 0 Å². The fourth-order valence-corrected chi connectivity index (χ4v) is 11.4. The average molecular weight is 923 g/mol. The molecule has 0 bridgehead atoms. The third-order valence-corrected chi connectivity index (χ3v) is 14.2. The Bertz CT molecular complexity index is 3290. The Labute approximate surface area is 395 Å². The molecule has 3 aliphatic rings. The molecule has 8 aromatic carbocycles. The van der Waals surface area contributed by atoms with Crippen LogP contribution in [0.5, 0.6) is 69.0 Å². The molecule has 346 valence electrons. The molecule has 12 nitrogen and oxygen atoms in total. The Morgan fingerprint density at radius 1 is 0.391 bits per heavy atom. The highest BCUT2D eigenvalue weighted by Crippen LogP contribution is 2.64. The number of ether oxygens (including phenoxy) is 2. The Kier molecular flexibility index (Phi) is 10.2. The van der Waals surface area contributed by atoms with Crippen molar-refractivity contribution in [2.45, 2.75) is 55.1 Å². The summed E-state index contributed by atoms with van der Waals surface area (Å²) in [5.41, 5.74) is 7.22. The van der Waals surface area contributed by atoms with Gasteiger partial charge in [0.05, 0.1) is 11.8 Å². The van der Waals surface area contributed by atoms with Crippen molar-refractivity contribution in [2.75, 3.05) is 0 Å². The van der Waals surface area contributed by atoms with Gasteiger partial charge in [-0.2, -0.15) is 0 Å². The van der Waals surface area contributed by atoms with Crippen LogP contribution in [0.15, 0.2) is 146 Å². The summed E-state index contributed by atoms with van der Waals surface area (Å²) >= 11 is 0. The van der Waals surface area contributed by atoms with Crippen molar-refractivity contribution in [2.24, 2.45) is 0 Å². The summed E-state index contributed by atoms with van der Waals surface area (Å²) in [7, 11) is 0. The van der Waals surface area contributed by atoms with Crippen LogP contribution in [0.3, 0.4) is 0 Å². The van der Waals surface area contributed by atoms with E-state index in [0.717, 1.165) is 0 Å². The number of rotatable bonds is 8. The quantitative estimate of drug-likeness (QED) is 0.0688. The molecule has 0 spiro atoms.